The summed E-state index contributed by atoms with van der Waals surface area (Å²) in [6, 6.07) is 20.4. The van der Waals surface area contributed by atoms with Crippen molar-refractivity contribution in [2.24, 2.45) is 0 Å². The SMILES string of the molecule is CCCCOc1ccc2oc(C(=O)N[C@@H](Cc3ccc(Cl)cc3)C(=O)N3CCN(c4ccccc4CN4CCCC4=O)CC3)cc(=O)c2c1. The largest absolute Gasteiger partial charge is 0.494 e. The quantitative estimate of drug-likeness (QED) is 0.198. The minimum atomic E-state index is -0.913. The van der Waals surface area contributed by atoms with Crippen LogP contribution in [0.2, 0.25) is 5.02 Å². The van der Waals surface area contributed by atoms with Gasteiger partial charge in [-0.15, -0.1) is 0 Å². The monoisotopic (exact) mass is 684 g/mol. The normalized spacial score (nSPS) is 15.5. The van der Waals surface area contributed by atoms with Gasteiger partial charge in [-0.2, -0.15) is 0 Å². The number of piperazine rings is 1. The summed E-state index contributed by atoms with van der Waals surface area (Å²) >= 11 is 6.11. The van der Waals surface area contributed by atoms with Gasteiger partial charge in [0.25, 0.3) is 5.91 Å². The number of benzene rings is 3. The summed E-state index contributed by atoms with van der Waals surface area (Å²) in [5.41, 5.74) is 2.85. The number of para-hydroxylation sites is 1. The van der Waals surface area contributed by atoms with Crippen LogP contribution < -0.4 is 20.4 Å². The third kappa shape index (κ3) is 8.25. The maximum Gasteiger partial charge on any atom is 0.287 e. The van der Waals surface area contributed by atoms with Gasteiger partial charge in [0.05, 0.1) is 12.0 Å². The minimum Gasteiger partial charge on any atom is -0.494 e. The molecule has 0 unspecified atom stereocenters. The van der Waals surface area contributed by atoms with Crippen LogP contribution in [0.15, 0.2) is 82.0 Å². The molecule has 3 heterocycles. The highest BCUT2D eigenvalue weighted by Gasteiger charge is 2.31. The van der Waals surface area contributed by atoms with Gasteiger partial charge in [0.2, 0.25) is 11.8 Å². The Labute approximate surface area is 290 Å². The number of carbonyl (C=O) groups is 3. The number of likely N-dealkylation sites (tertiary alicyclic amines) is 1. The summed E-state index contributed by atoms with van der Waals surface area (Å²) in [4.78, 5) is 58.9. The standard InChI is InChI=1S/C38H41ClN4O6/c1-2-3-21-48-29-14-15-34-30(23-29)33(44)24-35(49-34)37(46)40-31(22-26-10-12-28(39)13-11-26)38(47)42-19-17-41(18-20-42)32-8-5-4-7-27(32)25-43-16-6-9-36(43)45/h4-5,7-8,10-15,23-24,31H,2-3,6,9,16-22,25H2,1H3,(H,40,46)/t31-/m0/s1. The molecule has 0 bridgehead atoms. The summed E-state index contributed by atoms with van der Waals surface area (Å²) in [6.45, 7) is 6.06. The van der Waals surface area contributed by atoms with Crippen molar-refractivity contribution in [3.63, 3.8) is 0 Å². The topological polar surface area (TPSA) is 112 Å². The van der Waals surface area contributed by atoms with Crippen LogP contribution in [0.3, 0.4) is 0 Å². The van der Waals surface area contributed by atoms with Crippen molar-refractivity contribution in [3.8, 4) is 5.75 Å². The second-order valence-electron chi connectivity index (χ2n) is 12.6. The second-order valence-corrected chi connectivity index (χ2v) is 13.0. The fourth-order valence-electron chi connectivity index (χ4n) is 6.38. The van der Waals surface area contributed by atoms with E-state index in [4.69, 9.17) is 20.8 Å². The molecule has 10 nitrogen and oxygen atoms in total. The van der Waals surface area contributed by atoms with E-state index in [0.29, 0.717) is 61.9 Å². The van der Waals surface area contributed by atoms with Crippen molar-refractivity contribution < 1.29 is 23.5 Å². The van der Waals surface area contributed by atoms with Crippen LogP contribution in [0.1, 0.15) is 54.3 Å². The van der Waals surface area contributed by atoms with Crippen LogP contribution >= 0.6 is 11.6 Å². The molecule has 1 atom stereocenters. The van der Waals surface area contributed by atoms with Crippen molar-refractivity contribution in [2.45, 2.75) is 51.6 Å². The van der Waals surface area contributed by atoms with Gasteiger partial charge in [0, 0.05) is 68.9 Å². The van der Waals surface area contributed by atoms with E-state index in [9.17, 15) is 19.2 Å². The highest BCUT2D eigenvalue weighted by Crippen LogP contribution is 2.26. The van der Waals surface area contributed by atoms with Gasteiger partial charge in [0.15, 0.2) is 11.2 Å². The fourth-order valence-corrected chi connectivity index (χ4v) is 6.50. The lowest BCUT2D eigenvalue weighted by Crippen LogP contribution is -2.55. The van der Waals surface area contributed by atoms with Gasteiger partial charge >= 0.3 is 0 Å². The molecule has 1 aromatic heterocycles. The summed E-state index contributed by atoms with van der Waals surface area (Å²) in [7, 11) is 0. The number of amides is 3. The van der Waals surface area contributed by atoms with Crippen LogP contribution in [-0.4, -0.2) is 72.9 Å². The number of hydrogen-bond acceptors (Lipinski definition) is 7. The van der Waals surface area contributed by atoms with Gasteiger partial charge < -0.3 is 29.2 Å². The molecule has 2 saturated heterocycles. The van der Waals surface area contributed by atoms with Crippen LogP contribution in [-0.2, 0) is 22.6 Å². The first-order chi connectivity index (χ1) is 23.8. The van der Waals surface area contributed by atoms with E-state index >= 15 is 0 Å². The van der Waals surface area contributed by atoms with Crippen molar-refractivity contribution in [2.75, 3.05) is 44.2 Å². The number of nitrogens with zero attached hydrogens (tertiary/aromatic N) is 3. The third-order valence-electron chi connectivity index (χ3n) is 9.10. The molecule has 2 aliphatic rings. The van der Waals surface area contributed by atoms with Crippen molar-refractivity contribution in [3.05, 3.63) is 105 Å². The highest BCUT2D eigenvalue weighted by atomic mass is 35.5. The fraction of sp³-hybridized carbons (Fsp3) is 0.368. The number of nitrogens with one attached hydrogen (secondary N) is 1. The van der Waals surface area contributed by atoms with Crippen molar-refractivity contribution in [1.29, 1.82) is 0 Å². The average Bonchev–Trinajstić information content (AvgIpc) is 3.52. The molecule has 2 fully saturated rings. The Kier molecular flexibility index (Phi) is 10.8. The van der Waals surface area contributed by atoms with Crippen LogP contribution in [0, 0.1) is 0 Å². The zero-order chi connectivity index (χ0) is 34.3. The number of rotatable bonds is 12. The van der Waals surface area contributed by atoms with E-state index in [-0.39, 0.29) is 35.0 Å². The number of halogens is 1. The zero-order valence-electron chi connectivity index (χ0n) is 27.7. The first-order valence-electron chi connectivity index (χ1n) is 16.9. The molecule has 0 spiro atoms. The zero-order valence-corrected chi connectivity index (χ0v) is 28.4. The Morgan fingerprint density at radius 3 is 2.47 bits per heavy atom. The molecule has 4 aromatic rings. The minimum absolute atomic E-state index is 0.177. The molecule has 11 heteroatoms. The molecular weight excluding hydrogens is 644 g/mol. The van der Waals surface area contributed by atoms with Crippen molar-refractivity contribution >= 4 is 46.0 Å². The number of carbonyl (C=O) groups excluding carboxylic acids is 3. The molecule has 0 radical (unpaired) electrons. The predicted octanol–water partition coefficient (Wildman–Crippen LogP) is 5.44. The molecule has 2 aliphatic heterocycles. The molecule has 0 aliphatic carbocycles. The smallest absolute Gasteiger partial charge is 0.287 e. The molecule has 6 rings (SSSR count). The van der Waals surface area contributed by atoms with E-state index in [1.807, 2.05) is 29.2 Å². The van der Waals surface area contributed by atoms with Crippen LogP contribution in [0.4, 0.5) is 5.69 Å². The Hall–Kier alpha value is -4.83. The Bertz CT molecular complexity index is 1870. The lowest BCUT2D eigenvalue weighted by atomic mass is 10.0. The summed E-state index contributed by atoms with van der Waals surface area (Å²) < 4.78 is 11.6. The van der Waals surface area contributed by atoms with Gasteiger partial charge in [0.1, 0.15) is 17.4 Å². The number of unbranched alkanes of at least 4 members (excludes halogenated alkanes) is 1. The summed E-state index contributed by atoms with van der Waals surface area (Å²) in [5.74, 6) is -0.314. The van der Waals surface area contributed by atoms with Gasteiger partial charge in [-0.05, 0) is 60.4 Å². The second kappa shape index (κ2) is 15.6. The van der Waals surface area contributed by atoms with Gasteiger partial charge in [-0.3, -0.25) is 19.2 Å². The third-order valence-corrected chi connectivity index (χ3v) is 9.35. The van der Waals surface area contributed by atoms with Crippen LogP contribution in [0.25, 0.3) is 11.0 Å². The predicted molar refractivity (Wildman–Crippen MR) is 189 cm³/mol. The van der Waals surface area contributed by atoms with Crippen LogP contribution in [0.5, 0.6) is 5.75 Å². The van der Waals surface area contributed by atoms with E-state index in [1.54, 1.807) is 35.2 Å². The first-order valence-corrected chi connectivity index (χ1v) is 17.3. The van der Waals surface area contributed by atoms with Gasteiger partial charge in [-0.25, -0.2) is 0 Å². The average molecular weight is 685 g/mol. The number of fused-ring (bicyclic) bond motifs is 1. The Balaban J connectivity index is 1.16. The van der Waals surface area contributed by atoms with Gasteiger partial charge in [-0.1, -0.05) is 55.3 Å². The number of ether oxygens (including phenoxy) is 1. The summed E-state index contributed by atoms with van der Waals surface area (Å²) in [6.07, 6.45) is 3.60. The molecule has 256 valence electrons. The maximum absolute atomic E-state index is 14.1. The lowest BCUT2D eigenvalue weighted by molar-refractivity contribution is -0.133. The summed E-state index contributed by atoms with van der Waals surface area (Å²) in [5, 5.41) is 3.73. The molecule has 3 amide bonds. The number of anilines is 1. The first kappa shape index (κ1) is 34.0. The molecule has 49 heavy (non-hydrogen) atoms. The molecule has 1 N–H and O–H groups in total. The highest BCUT2D eigenvalue weighted by molar-refractivity contribution is 6.30. The van der Waals surface area contributed by atoms with E-state index in [1.165, 1.54) is 0 Å². The molecular formula is C38H41ClN4O6. The van der Waals surface area contributed by atoms with E-state index in [0.717, 1.165) is 48.7 Å². The van der Waals surface area contributed by atoms with E-state index in [2.05, 4.69) is 29.3 Å². The Morgan fingerprint density at radius 1 is 0.959 bits per heavy atom. The molecule has 3 aromatic carbocycles. The molecule has 0 saturated carbocycles. The van der Waals surface area contributed by atoms with E-state index < -0.39 is 11.9 Å². The number of hydrogen-bond donors (Lipinski definition) is 1. The van der Waals surface area contributed by atoms with Crippen molar-refractivity contribution in [1.82, 2.24) is 15.1 Å². The lowest BCUT2D eigenvalue weighted by Gasteiger charge is -2.38. The Morgan fingerprint density at radius 2 is 1.73 bits per heavy atom. The maximum atomic E-state index is 14.1.